The molecular formula is C19H31N3O2. The first-order valence-corrected chi connectivity index (χ1v) is 8.62. The maximum Gasteiger partial charge on any atom is 0.242 e. The van der Waals surface area contributed by atoms with E-state index in [0.29, 0.717) is 6.54 Å². The largest absolute Gasteiger partial charge is 0.381 e. The number of hydrogen-bond acceptors (Lipinski definition) is 4. The highest BCUT2D eigenvalue weighted by Crippen LogP contribution is 2.26. The lowest BCUT2D eigenvalue weighted by molar-refractivity contribution is -0.126. The number of hydrogen-bond donors (Lipinski definition) is 1. The first-order chi connectivity index (χ1) is 11.4. The maximum absolute atomic E-state index is 12.9. The van der Waals surface area contributed by atoms with Crippen LogP contribution in [0.5, 0.6) is 0 Å². The second-order valence-corrected chi connectivity index (χ2v) is 7.23. The Morgan fingerprint density at radius 3 is 2.25 bits per heavy atom. The minimum Gasteiger partial charge on any atom is -0.381 e. The Balaban J connectivity index is 2.09. The van der Waals surface area contributed by atoms with Gasteiger partial charge in [-0.1, -0.05) is 29.8 Å². The monoisotopic (exact) mass is 333 g/mol. The molecule has 1 saturated heterocycles. The molecule has 1 heterocycles. The van der Waals surface area contributed by atoms with Crippen LogP contribution in [0.1, 0.15) is 30.0 Å². The fraction of sp³-hybridized carbons (Fsp3) is 0.632. The predicted octanol–water partition coefficient (Wildman–Crippen LogP) is 1.82. The lowest BCUT2D eigenvalue weighted by Crippen LogP contribution is -2.56. The summed E-state index contributed by atoms with van der Waals surface area (Å²) in [6, 6.07) is 7.91. The van der Waals surface area contributed by atoms with E-state index in [-0.39, 0.29) is 17.5 Å². The molecule has 1 aliphatic rings. The van der Waals surface area contributed by atoms with Crippen molar-refractivity contribution in [1.82, 2.24) is 15.1 Å². The highest BCUT2D eigenvalue weighted by molar-refractivity contribution is 5.83. The van der Waals surface area contributed by atoms with E-state index < -0.39 is 0 Å². The third-order valence-electron chi connectivity index (χ3n) is 5.12. The Morgan fingerprint density at radius 1 is 1.17 bits per heavy atom. The molecule has 134 valence electrons. The fourth-order valence-corrected chi connectivity index (χ4v) is 3.31. The number of amides is 1. The van der Waals surface area contributed by atoms with E-state index in [1.165, 1.54) is 5.56 Å². The molecular weight excluding hydrogens is 302 g/mol. The van der Waals surface area contributed by atoms with Gasteiger partial charge in [-0.3, -0.25) is 9.69 Å². The molecule has 1 fully saturated rings. The minimum atomic E-state index is -0.273. The average molecular weight is 333 g/mol. The minimum absolute atomic E-state index is 0.0158. The number of likely N-dealkylation sites (N-methyl/N-ethyl adjacent to an activating group) is 2. The molecule has 0 aromatic heterocycles. The molecule has 1 atom stereocenters. The smallest absolute Gasteiger partial charge is 0.242 e. The van der Waals surface area contributed by atoms with Gasteiger partial charge in [-0.2, -0.15) is 0 Å². The lowest BCUT2D eigenvalue weighted by Gasteiger charge is -2.43. The van der Waals surface area contributed by atoms with Crippen LogP contribution in [-0.2, 0) is 9.53 Å². The Kier molecular flexibility index (Phi) is 6.38. The first kappa shape index (κ1) is 18.9. The summed E-state index contributed by atoms with van der Waals surface area (Å²) in [7, 11) is 8.06. The van der Waals surface area contributed by atoms with Gasteiger partial charge in [0.2, 0.25) is 5.91 Å². The fourth-order valence-electron chi connectivity index (χ4n) is 3.31. The Labute approximate surface area is 146 Å². The highest BCUT2D eigenvalue weighted by atomic mass is 16.5. The molecule has 1 amide bonds. The van der Waals surface area contributed by atoms with Gasteiger partial charge >= 0.3 is 0 Å². The number of nitrogens with one attached hydrogen (secondary N) is 1. The number of nitrogens with zero attached hydrogens (tertiary/aromatic N) is 2. The van der Waals surface area contributed by atoms with Gasteiger partial charge in [0, 0.05) is 25.3 Å². The van der Waals surface area contributed by atoms with Gasteiger partial charge in [0.1, 0.15) is 6.04 Å². The van der Waals surface area contributed by atoms with Crippen LogP contribution in [0.15, 0.2) is 24.3 Å². The van der Waals surface area contributed by atoms with Crippen LogP contribution in [0.25, 0.3) is 0 Å². The lowest BCUT2D eigenvalue weighted by atomic mass is 9.88. The molecule has 2 rings (SSSR count). The molecule has 1 aliphatic heterocycles. The summed E-state index contributed by atoms with van der Waals surface area (Å²) in [4.78, 5) is 17.1. The topological polar surface area (TPSA) is 44.8 Å². The SMILES string of the molecule is Cc1ccc([C@@H](C(=O)NCC2(N(C)C)CCOCC2)N(C)C)cc1. The predicted molar refractivity (Wildman–Crippen MR) is 97.1 cm³/mol. The molecule has 0 unspecified atom stereocenters. The van der Waals surface area contributed by atoms with Gasteiger partial charge in [-0.05, 0) is 53.5 Å². The van der Waals surface area contributed by atoms with Crippen LogP contribution in [0, 0.1) is 6.92 Å². The Bertz CT molecular complexity index is 534. The molecule has 0 bridgehead atoms. The van der Waals surface area contributed by atoms with Crippen molar-refractivity contribution in [2.75, 3.05) is 47.9 Å². The van der Waals surface area contributed by atoms with Crippen molar-refractivity contribution in [3.05, 3.63) is 35.4 Å². The van der Waals surface area contributed by atoms with Crippen LogP contribution in [0.3, 0.4) is 0 Å². The number of benzene rings is 1. The molecule has 0 saturated carbocycles. The van der Waals surface area contributed by atoms with E-state index in [4.69, 9.17) is 4.74 Å². The van der Waals surface area contributed by atoms with E-state index in [1.807, 2.05) is 31.1 Å². The number of carbonyl (C=O) groups is 1. The van der Waals surface area contributed by atoms with Crippen LogP contribution < -0.4 is 5.32 Å². The van der Waals surface area contributed by atoms with Crippen molar-refractivity contribution >= 4 is 5.91 Å². The van der Waals surface area contributed by atoms with E-state index >= 15 is 0 Å². The molecule has 0 radical (unpaired) electrons. The van der Waals surface area contributed by atoms with E-state index in [1.54, 1.807) is 0 Å². The molecule has 5 heteroatoms. The molecule has 5 nitrogen and oxygen atoms in total. The van der Waals surface area contributed by atoms with Crippen LogP contribution in [0.4, 0.5) is 0 Å². The van der Waals surface area contributed by atoms with E-state index in [9.17, 15) is 4.79 Å². The highest BCUT2D eigenvalue weighted by Gasteiger charge is 2.36. The van der Waals surface area contributed by atoms with E-state index in [2.05, 4.69) is 43.4 Å². The van der Waals surface area contributed by atoms with Crippen molar-refractivity contribution in [2.45, 2.75) is 31.3 Å². The van der Waals surface area contributed by atoms with Crippen molar-refractivity contribution in [2.24, 2.45) is 0 Å². The molecule has 1 N–H and O–H groups in total. The summed E-state index contributed by atoms with van der Waals surface area (Å²) in [6.07, 6.45) is 1.88. The summed E-state index contributed by atoms with van der Waals surface area (Å²) in [5, 5.41) is 3.19. The van der Waals surface area contributed by atoms with Crippen LogP contribution in [0.2, 0.25) is 0 Å². The second-order valence-electron chi connectivity index (χ2n) is 7.23. The van der Waals surface area contributed by atoms with Crippen molar-refractivity contribution in [3.63, 3.8) is 0 Å². The zero-order valence-electron chi connectivity index (χ0n) is 15.6. The summed E-state index contributed by atoms with van der Waals surface area (Å²) < 4.78 is 5.50. The molecule has 24 heavy (non-hydrogen) atoms. The average Bonchev–Trinajstić information content (AvgIpc) is 2.55. The first-order valence-electron chi connectivity index (χ1n) is 8.62. The number of aryl methyl sites for hydroxylation is 1. The zero-order chi connectivity index (χ0) is 17.7. The Hall–Kier alpha value is -1.43. The second kappa shape index (κ2) is 8.10. The van der Waals surface area contributed by atoms with Gasteiger partial charge < -0.3 is 15.0 Å². The number of ether oxygens (including phenoxy) is 1. The Morgan fingerprint density at radius 2 is 1.75 bits per heavy atom. The van der Waals surface area contributed by atoms with Gasteiger partial charge in [0.25, 0.3) is 0 Å². The van der Waals surface area contributed by atoms with Crippen molar-refractivity contribution < 1.29 is 9.53 Å². The van der Waals surface area contributed by atoms with Crippen LogP contribution >= 0.6 is 0 Å². The number of carbonyl (C=O) groups excluding carboxylic acids is 1. The number of rotatable bonds is 6. The van der Waals surface area contributed by atoms with Gasteiger partial charge in [-0.15, -0.1) is 0 Å². The van der Waals surface area contributed by atoms with Gasteiger partial charge in [0.15, 0.2) is 0 Å². The summed E-state index contributed by atoms with van der Waals surface area (Å²) in [6.45, 7) is 4.21. The van der Waals surface area contributed by atoms with Gasteiger partial charge in [0.05, 0.1) is 0 Å². The maximum atomic E-state index is 12.9. The van der Waals surface area contributed by atoms with E-state index in [0.717, 1.165) is 31.6 Å². The molecule has 0 aliphatic carbocycles. The standard InChI is InChI=1S/C19H31N3O2/c1-15-6-8-16(9-7-15)17(21(2)3)18(23)20-14-19(22(4)5)10-12-24-13-11-19/h6-9,17H,10-14H2,1-5H3,(H,20,23)/t17-/m0/s1. The van der Waals surface area contributed by atoms with Crippen LogP contribution in [-0.4, -0.2) is 69.2 Å². The third-order valence-corrected chi connectivity index (χ3v) is 5.12. The molecule has 1 aromatic rings. The van der Waals surface area contributed by atoms with Crippen molar-refractivity contribution in [3.8, 4) is 0 Å². The summed E-state index contributed by atoms with van der Waals surface area (Å²) in [5.41, 5.74) is 2.21. The third kappa shape index (κ3) is 4.35. The summed E-state index contributed by atoms with van der Waals surface area (Å²) in [5.74, 6) is 0.0524. The zero-order valence-corrected chi connectivity index (χ0v) is 15.6. The van der Waals surface area contributed by atoms with Gasteiger partial charge in [-0.25, -0.2) is 0 Å². The van der Waals surface area contributed by atoms with Crippen molar-refractivity contribution in [1.29, 1.82) is 0 Å². The normalized spacial score (nSPS) is 18.6. The summed E-state index contributed by atoms with van der Waals surface area (Å²) >= 11 is 0. The molecule has 1 aromatic carbocycles. The molecule has 0 spiro atoms. The quantitative estimate of drug-likeness (QED) is 0.863.